The average molecular weight is 412 g/mol. The summed E-state index contributed by atoms with van der Waals surface area (Å²) in [6.07, 6.45) is 2.83. The van der Waals surface area contributed by atoms with Gasteiger partial charge in [-0.05, 0) is 36.8 Å². The number of hydrogen-bond acceptors (Lipinski definition) is 5. The minimum Gasteiger partial charge on any atom is -0.506 e. The van der Waals surface area contributed by atoms with Gasteiger partial charge in [0.25, 0.3) is 10.0 Å². The van der Waals surface area contributed by atoms with Crippen LogP contribution in [0.25, 0.3) is 0 Å². The zero-order valence-corrected chi connectivity index (χ0v) is 15.8. The standard InChI is InChI=1S/C17H15Cl2N3O3S/c18-12-7-11(17(23)15(19)8-12)10-21-13-3-1-4-14(9-13)26(24,25)22-16-5-2-6-20-16/h1,3-4,7-10,23H,2,5-6H2,(H,20,22). The maximum Gasteiger partial charge on any atom is 0.262 e. The van der Waals surface area contributed by atoms with E-state index in [1.54, 1.807) is 12.1 Å². The van der Waals surface area contributed by atoms with Gasteiger partial charge in [0, 0.05) is 29.8 Å². The Morgan fingerprint density at radius 3 is 2.77 bits per heavy atom. The molecule has 1 aliphatic heterocycles. The van der Waals surface area contributed by atoms with Gasteiger partial charge in [-0.15, -0.1) is 0 Å². The van der Waals surface area contributed by atoms with E-state index in [4.69, 9.17) is 23.2 Å². The molecule has 0 saturated carbocycles. The third-order valence-corrected chi connectivity index (χ3v) is 5.55. The predicted octanol–water partition coefficient (Wildman–Crippen LogP) is 3.92. The lowest BCUT2D eigenvalue weighted by Crippen LogP contribution is -2.29. The fraction of sp³-hybridized carbons (Fsp3) is 0.176. The number of amidine groups is 1. The van der Waals surface area contributed by atoms with Crippen LogP contribution in [0, 0.1) is 0 Å². The molecule has 0 aromatic heterocycles. The van der Waals surface area contributed by atoms with Gasteiger partial charge in [0.15, 0.2) is 0 Å². The zero-order valence-electron chi connectivity index (χ0n) is 13.5. The van der Waals surface area contributed by atoms with E-state index in [0.717, 1.165) is 6.42 Å². The summed E-state index contributed by atoms with van der Waals surface area (Å²) >= 11 is 11.8. The fourth-order valence-corrected chi connectivity index (χ4v) is 4.03. The Morgan fingerprint density at radius 1 is 1.23 bits per heavy atom. The first-order valence-corrected chi connectivity index (χ1v) is 9.97. The van der Waals surface area contributed by atoms with E-state index in [1.165, 1.54) is 30.5 Å². The summed E-state index contributed by atoms with van der Waals surface area (Å²) < 4.78 is 27.4. The molecule has 9 heteroatoms. The van der Waals surface area contributed by atoms with Crippen LogP contribution in [-0.2, 0) is 10.0 Å². The summed E-state index contributed by atoms with van der Waals surface area (Å²) in [5.41, 5.74) is 0.728. The number of aliphatic imine (C=N–C) groups is 2. The van der Waals surface area contributed by atoms with Crippen molar-refractivity contribution >= 4 is 51.0 Å². The van der Waals surface area contributed by atoms with Crippen molar-refractivity contribution in [2.24, 2.45) is 9.98 Å². The molecule has 0 spiro atoms. The summed E-state index contributed by atoms with van der Waals surface area (Å²) in [4.78, 5) is 8.39. The van der Waals surface area contributed by atoms with Crippen molar-refractivity contribution in [2.75, 3.05) is 6.54 Å². The highest BCUT2D eigenvalue weighted by Gasteiger charge is 2.18. The first-order valence-electron chi connectivity index (χ1n) is 7.73. The Kier molecular flexibility index (Phi) is 5.50. The van der Waals surface area contributed by atoms with Crippen molar-refractivity contribution in [3.63, 3.8) is 0 Å². The molecule has 1 heterocycles. The van der Waals surface area contributed by atoms with Crippen LogP contribution in [-0.4, -0.2) is 32.1 Å². The molecule has 0 bridgehead atoms. The van der Waals surface area contributed by atoms with Crippen molar-refractivity contribution in [3.05, 3.63) is 52.0 Å². The van der Waals surface area contributed by atoms with Gasteiger partial charge in [-0.3, -0.25) is 14.7 Å². The lowest BCUT2D eigenvalue weighted by Gasteiger charge is -2.08. The van der Waals surface area contributed by atoms with Crippen molar-refractivity contribution < 1.29 is 13.5 Å². The largest absolute Gasteiger partial charge is 0.506 e. The van der Waals surface area contributed by atoms with Gasteiger partial charge in [-0.2, -0.15) is 0 Å². The lowest BCUT2D eigenvalue weighted by atomic mass is 10.2. The molecule has 0 radical (unpaired) electrons. The number of benzene rings is 2. The molecule has 0 atom stereocenters. The summed E-state index contributed by atoms with van der Waals surface area (Å²) in [5.74, 6) is 0.321. The van der Waals surface area contributed by atoms with Crippen LogP contribution in [0.1, 0.15) is 18.4 Å². The molecule has 2 aromatic carbocycles. The summed E-state index contributed by atoms with van der Waals surface area (Å²) in [6.45, 7) is 0.633. The van der Waals surface area contributed by atoms with Gasteiger partial charge in [0.2, 0.25) is 0 Å². The Hall–Kier alpha value is -2.09. The van der Waals surface area contributed by atoms with Crippen LogP contribution in [0.2, 0.25) is 10.0 Å². The van der Waals surface area contributed by atoms with E-state index in [-0.39, 0.29) is 15.7 Å². The van der Waals surface area contributed by atoms with Crippen LogP contribution in [0.5, 0.6) is 5.75 Å². The van der Waals surface area contributed by atoms with Crippen LogP contribution in [0.15, 0.2) is 51.3 Å². The quantitative estimate of drug-likeness (QED) is 0.746. The fourth-order valence-electron chi connectivity index (χ4n) is 2.40. The number of sulfonamides is 1. The number of phenols is 1. The van der Waals surface area contributed by atoms with Crippen LogP contribution >= 0.6 is 23.2 Å². The van der Waals surface area contributed by atoms with Crippen molar-refractivity contribution in [1.82, 2.24) is 4.72 Å². The van der Waals surface area contributed by atoms with Gasteiger partial charge < -0.3 is 5.11 Å². The Labute approximate surface area is 161 Å². The highest BCUT2D eigenvalue weighted by molar-refractivity contribution is 7.90. The molecule has 2 N–H and O–H groups in total. The maximum absolute atomic E-state index is 12.4. The monoisotopic (exact) mass is 411 g/mol. The van der Waals surface area contributed by atoms with Gasteiger partial charge in [0.1, 0.15) is 11.6 Å². The maximum atomic E-state index is 12.4. The van der Waals surface area contributed by atoms with Gasteiger partial charge in [-0.1, -0.05) is 29.3 Å². The second kappa shape index (κ2) is 7.65. The SMILES string of the molecule is O=S(=O)(NC1=NCCC1)c1cccc(N=Cc2cc(Cl)cc(Cl)c2O)c1. The second-order valence-corrected chi connectivity index (χ2v) is 8.14. The molecule has 3 rings (SSSR count). The van der Waals surface area contributed by atoms with E-state index < -0.39 is 10.0 Å². The van der Waals surface area contributed by atoms with Crippen LogP contribution in [0.4, 0.5) is 5.69 Å². The Morgan fingerprint density at radius 2 is 2.04 bits per heavy atom. The minimum absolute atomic E-state index is 0.0788. The number of phenolic OH excluding ortho intramolecular Hbond substituents is 1. The number of halogens is 2. The Bertz CT molecular complexity index is 1000. The van der Waals surface area contributed by atoms with E-state index >= 15 is 0 Å². The highest BCUT2D eigenvalue weighted by Crippen LogP contribution is 2.30. The second-order valence-electron chi connectivity index (χ2n) is 5.62. The third-order valence-electron chi connectivity index (χ3n) is 3.66. The molecule has 2 aromatic rings. The molecule has 0 fully saturated rings. The van der Waals surface area contributed by atoms with Crippen molar-refractivity contribution in [1.29, 1.82) is 0 Å². The van der Waals surface area contributed by atoms with E-state index in [2.05, 4.69) is 14.7 Å². The highest BCUT2D eigenvalue weighted by atomic mass is 35.5. The molecule has 0 saturated heterocycles. The van der Waals surface area contributed by atoms with Crippen molar-refractivity contribution in [3.8, 4) is 5.75 Å². The molecule has 1 aliphatic rings. The first-order chi connectivity index (χ1) is 12.3. The summed E-state index contributed by atoms with van der Waals surface area (Å²) in [5, 5.41) is 10.4. The smallest absolute Gasteiger partial charge is 0.262 e. The molecule has 0 amide bonds. The molecule has 0 aliphatic carbocycles. The van der Waals surface area contributed by atoms with Gasteiger partial charge in [0.05, 0.1) is 15.6 Å². The molecule has 136 valence electrons. The number of hydrogen-bond donors (Lipinski definition) is 2. The van der Waals surface area contributed by atoms with E-state index in [0.29, 0.717) is 35.1 Å². The van der Waals surface area contributed by atoms with Crippen LogP contribution in [0.3, 0.4) is 0 Å². The Balaban J connectivity index is 1.86. The molecular weight excluding hydrogens is 397 g/mol. The average Bonchev–Trinajstić information content (AvgIpc) is 3.09. The summed E-state index contributed by atoms with van der Waals surface area (Å²) in [7, 11) is -3.72. The first kappa shape index (κ1) is 18.7. The molecule has 6 nitrogen and oxygen atoms in total. The molecule has 0 unspecified atom stereocenters. The van der Waals surface area contributed by atoms with Gasteiger partial charge in [-0.25, -0.2) is 8.42 Å². The number of aromatic hydroxyl groups is 1. The predicted molar refractivity (Wildman–Crippen MR) is 104 cm³/mol. The lowest BCUT2D eigenvalue weighted by molar-refractivity contribution is 0.475. The van der Waals surface area contributed by atoms with Crippen LogP contribution < -0.4 is 4.72 Å². The normalized spacial score (nSPS) is 14.6. The molecular formula is C17H15Cl2N3O3S. The van der Waals surface area contributed by atoms with Crippen molar-refractivity contribution in [2.45, 2.75) is 17.7 Å². The van der Waals surface area contributed by atoms with Gasteiger partial charge >= 0.3 is 0 Å². The summed E-state index contributed by atoms with van der Waals surface area (Å²) in [6, 6.07) is 9.06. The molecule has 26 heavy (non-hydrogen) atoms. The van der Waals surface area contributed by atoms with E-state index in [1.807, 2.05) is 0 Å². The van der Waals surface area contributed by atoms with E-state index in [9.17, 15) is 13.5 Å². The number of rotatable bonds is 4. The number of nitrogens with zero attached hydrogens (tertiary/aromatic N) is 2. The third kappa shape index (κ3) is 4.35. The minimum atomic E-state index is -3.72. The topological polar surface area (TPSA) is 91.1 Å². The zero-order chi connectivity index (χ0) is 18.7. The number of nitrogens with one attached hydrogen (secondary N) is 1.